The van der Waals surface area contributed by atoms with Crippen LogP contribution in [-0.4, -0.2) is 33.2 Å². The third-order valence-electron chi connectivity index (χ3n) is 5.35. The minimum atomic E-state index is -0.400. The lowest BCUT2D eigenvalue weighted by atomic mass is 10.1. The fourth-order valence-electron chi connectivity index (χ4n) is 3.59. The minimum absolute atomic E-state index is 0.0949. The van der Waals surface area contributed by atoms with Crippen molar-refractivity contribution >= 4 is 11.9 Å². The third kappa shape index (κ3) is 6.17. The molecule has 0 saturated carbocycles. The number of esters is 1. The minimum Gasteiger partial charge on any atom is -0.462 e. The van der Waals surface area contributed by atoms with Crippen molar-refractivity contribution in [3.05, 3.63) is 102 Å². The van der Waals surface area contributed by atoms with Crippen molar-refractivity contribution in [3.8, 4) is 16.9 Å². The molecule has 0 unspecified atom stereocenters. The van der Waals surface area contributed by atoms with E-state index < -0.39 is 5.97 Å². The van der Waals surface area contributed by atoms with Crippen LogP contribution in [0.5, 0.6) is 0 Å². The largest absolute Gasteiger partial charge is 0.462 e. The van der Waals surface area contributed by atoms with Crippen molar-refractivity contribution in [1.29, 1.82) is 0 Å². The van der Waals surface area contributed by atoms with Gasteiger partial charge in [0.25, 0.3) is 0 Å². The average Bonchev–Trinajstić information content (AvgIpc) is 3.31. The van der Waals surface area contributed by atoms with Gasteiger partial charge in [0.1, 0.15) is 5.82 Å². The van der Waals surface area contributed by atoms with E-state index in [1.165, 1.54) is 12.1 Å². The lowest BCUT2D eigenvalue weighted by Crippen LogP contribution is -2.23. The predicted octanol–water partition coefficient (Wildman–Crippen LogP) is 4.50. The van der Waals surface area contributed by atoms with Crippen molar-refractivity contribution in [2.75, 3.05) is 6.61 Å². The van der Waals surface area contributed by atoms with Crippen LogP contribution >= 0.6 is 0 Å². The number of halogens is 1. The highest BCUT2D eigenvalue weighted by Gasteiger charge is 2.15. The summed E-state index contributed by atoms with van der Waals surface area (Å²) >= 11 is 0. The smallest absolute Gasteiger partial charge is 0.338 e. The lowest BCUT2D eigenvalue weighted by molar-refractivity contribution is -0.121. The first-order valence-corrected chi connectivity index (χ1v) is 11.3. The molecular weight excluding hydrogens is 447 g/mol. The summed E-state index contributed by atoms with van der Waals surface area (Å²) < 4.78 is 20.7. The second-order valence-electron chi connectivity index (χ2n) is 7.84. The van der Waals surface area contributed by atoms with Gasteiger partial charge >= 0.3 is 5.97 Å². The van der Waals surface area contributed by atoms with Crippen molar-refractivity contribution in [2.24, 2.45) is 0 Å². The number of amides is 1. The second kappa shape index (κ2) is 11.2. The Balaban J connectivity index is 1.53. The molecule has 0 atom stereocenters. The number of ether oxygens (including phenoxy) is 1. The molecule has 2 heterocycles. The van der Waals surface area contributed by atoms with Crippen molar-refractivity contribution < 1.29 is 18.7 Å². The Morgan fingerprint density at radius 3 is 2.51 bits per heavy atom. The molecule has 0 aliphatic heterocycles. The zero-order chi connectivity index (χ0) is 24.6. The summed E-state index contributed by atoms with van der Waals surface area (Å²) in [4.78, 5) is 28.3. The molecule has 1 amide bonds. The van der Waals surface area contributed by atoms with Gasteiger partial charge in [-0.15, -0.1) is 0 Å². The van der Waals surface area contributed by atoms with Crippen LogP contribution in [-0.2, 0) is 22.5 Å². The lowest BCUT2D eigenvalue weighted by Gasteiger charge is -2.09. The number of rotatable bonds is 9. The summed E-state index contributed by atoms with van der Waals surface area (Å²) in [7, 11) is 0. The first-order valence-electron chi connectivity index (χ1n) is 11.3. The molecule has 4 aromatic rings. The molecule has 4 rings (SSSR count). The maximum atomic E-state index is 13.9. The third-order valence-corrected chi connectivity index (χ3v) is 5.35. The molecule has 7 nitrogen and oxygen atoms in total. The van der Waals surface area contributed by atoms with Gasteiger partial charge in [0, 0.05) is 37.3 Å². The van der Waals surface area contributed by atoms with E-state index in [0.29, 0.717) is 47.8 Å². The van der Waals surface area contributed by atoms with Gasteiger partial charge in [0.2, 0.25) is 5.91 Å². The Kier molecular flexibility index (Phi) is 7.62. The number of aromatic nitrogens is 3. The van der Waals surface area contributed by atoms with Crippen LogP contribution in [0.4, 0.5) is 4.39 Å². The fourth-order valence-corrected chi connectivity index (χ4v) is 3.59. The van der Waals surface area contributed by atoms with Crippen LogP contribution in [0.2, 0.25) is 0 Å². The summed E-state index contributed by atoms with van der Waals surface area (Å²) in [5, 5.41) is 7.57. The van der Waals surface area contributed by atoms with E-state index in [1.807, 2.05) is 18.2 Å². The quantitative estimate of drug-likeness (QED) is 0.363. The normalized spacial score (nSPS) is 10.7. The number of nitrogens with one attached hydrogen (secondary N) is 1. The Hall–Kier alpha value is -4.33. The molecule has 0 radical (unpaired) electrons. The number of benzene rings is 2. The molecule has 1 N–H and O–H groups in total. The SMILES string of the molecule is CCOC(=O)c1ccc(-n2nc(CCC(=O)NCc3ccncc3)cc2-c2cccc(F)c2)cc1. The van der Waals surface area contributed by atoms with Crippen LogP contribution in [0.25, 0.3) is 16.9 Å². The van der Waals surface area contributed by atoms with Crippen molar-refractivity contribution in [3.63, 3.8) is 0 Å². The molecule has 8 heteroatoms. The topological polar surface area (TPSA) is 86.1 Å². The molecule has 178 valence electrons. The van der Waals surface area contributed by atoms with Gasteiger partial charge in [0.05, 0.1) is 29.2 Å². The highest BCUT2D eigenvalue weighted by atomic mass is 19.1. The summed E-state index contributed by atoms with van der Waals surface area (Å²) in [6.45, 7) is 2.47. The number of carbonyl (C=O) groups excluding carboxylic acids is 2. The van der Waals surface area contributed by atoms with Gasteiger partial charge in [-0.1, -0.05) is 12.1 Å². The number of hydrogen-bond acceptors (Lipinski definition) is 5. The van der Waals surface area contributed by atoms with Gasteiger partial charge in [-0.05, 0) is 67.1 Å². The van der Waals surface area contributed by atoms with E-state index in [2.05, 4.69) is 15.4 Å². The summed E-state index contributed by atoms with van der Waals surface area (Å²) in [5.74, 6) is -0.851. The molecule has 2 aromatic carbocycles. The molecule has 0 aliphatic carbocycles. The molecule has 35 heavy (non-hydrogen) atoms. The van der Waals surface area contributed by atoms with Crippen molar-refractivity contribution in [1.82, 2.24) is 20.1 Å². The van der Waals surface area contributed by atoms with Crippen LogP contribution in [0.15, 0.2) is 79.1 Å². The number of aryl methyl sites for hydroxylation is 1. The zero-order valence-electron chi connectivity index (χ0n) is 19.3. The van der Waals surface area contributed by atoms with Gasteiger partial charge in [-0.2, -0.15) is 5.10 Å². The average molecular weight is 473 g/mol. The van der Waals surface area contributed by atoms with E-state index in [0.717, 1.165) is 5.56 Å². The van der Waals surface area contributed by atoms with Gasteiger partial charge in [0.15, 0.2) is 0 Å². The summed E-state index contributed by atoms with van der Waals surface area (Å²) in [5.41, 5.74) is 4.13. The molecule has 0 bridgehead atoms. The number of pyridine rings is 1. The first kappa shape index (κ1) is 23.8. The Morgan fingerprint density at radius 2 is 1.80 bits per heavy atom. The molecule has 0 saturated heterocycles. The van der Waals surface area contributed by atoms with Gasteiger partial charge in [-0.25, -0.2) is 13.9 Å². The van der Waals surface area contributed by atoms with E-state index >= 15 is 0 Å². The van der Waals surface area contributed by atoms with Crippen LogP contribution in [0.1, 0.15) is 35.0 Å². The van der Waals surface area contributed by atoms with Crippen molar-refractivity contribution in [2.45, 2.75) is 26.3 Å². The first-order chi connectivity index (χ1) is 17.0. The number of nitrogens with zero attached hydrogens (tertiary/aromatic N) is 3. The molecule has 2 aromatic heterocycles. The zero-order valence-corrected chi connectivity index (χ0v) is 19.3. The standard InChI is InChI=1S/C27H25FN4O3/c1-2-35-27(34)20-6-9-24(10-7-20)32-25(21-4-3-5-22(28)16-21)17-23(31-32)8-11-26(33)30-18-19-12-14-29-15-13-19/h3-7,9-10,12-17H,2,8,11,18H2,1H3,(H,30,33). The van der Waals surface area contributed by atoms with Crippen LogP contribution in [0, 0.1) is 5.82 Å². The molecule has 0 spiro atoms. The Labute approximate surface area is 202 Å². The Bertz CT molecular complexity index is 1300. The Morgan fingerprint density at radius 1 is 1.03 bits per heavy atom. The van der Waals surface area contributed by atoms with E-state index in [9.17, 15) is 14.0 Å². The molecular formula is C27H25FN4O3. The molecule has 0 fully saturated rings. The summed E-state index contributed by atoms with van der Waals surface area (Å²) in [6, 6.07) is 18.6. The monoisotopic (exact) mass is 472 g/mol. The van der Waals surface area contributed by atoms with Crippen LogP contribution in [0.3, 0.4) is 0 Å². The van der Waals surface area contributed by atoms with Gasteiger partial charge in [-0.3, -0.25) is 9.78 Å². The molecule has 0 aliphatic rings. The fraction of sp³-hybridized carbons (Fsp3) is 0.185. The maximum absolute atomic E-state index is 13.9. The highest BCUT2D eigenvalue weighted by Crippen LogP contribution is 2.25. The predicted molar refractivity (Wildman–Crippen MR) is 129 cm³/mol. The number of hydrogen-bond donors (Lipinski definition) is 1. The summed E-state index contributed by atoms with van der Waals surface area (Å²) in [6.07, 6.45) is 4.04. The van der Waals surface area contributed by atoms with E-state index in [4.69, 9.17) is 4.74 Å². The van der Waals surface area contributed by atoms with Crippen LogP contribution < -0.4 is 5.32 Å². The second-order valence-corrected chi connectivity index (χ2v) is 7.84. The highest BCUT2D eigenvalue weighted by molar-refractivity contribution is 5.89. The van der Waals surface area contributed by atoms with Gasteiger partial charge < -0.3 is 10.1 Å². The van der Waals surface area contributed by atoms with E-state index in [1.54, 1.807) is 60.4 Å². The van der Waals surface area contributed by atoms with E-state index in [-0.39, 0.29) is 18.1 Å². The number of carbonyl (C=O) groups is 2. The maximum Gasteiger partial charge on any atom is 0.338 e.